The number of para-hydroxylation sites is 4. The van der Waals surface area contributed by atoms with Crippen LogP contribution >= 0.6 is 0 Å². The van der Waals surface area contributed by atoms with E-state index in [4.69, 9.17) is 5.73 Å². The van der Waals surface area contributed by atoms with E-state index >= 15 is 0 Å². The Labute approximate surface area is 160 Å². The minimum atomic E-state index is -1.26. The van der Waals surface area contributed by atoms with Crippen molar-refractivity contribution in [2.75, 3.05) is 11.1 Å². The highest BCUT2D eigenvalue weighted by atomic mass is 32.2. The topological polar surface area (TPSA) is 83.8 Å². The molecule has 3 aromatic carbocycles. The lowest BCUT2D eigenvalue weighted by molar-refractivity contribution is 0.677. The van der Waals surface area contributed by atoms with E-state index < -0.39 is 10.8 Å². The minimum absolute atomic E-state index is 0.382. The molecule has 1 heterocycles. The van der Waals surface area contributed by atoms with Crippen molar-refractivity contribution in [3.05, 3.63) is 83.9 Å². The number of imidazole rings is 1. The highest BCUT2D eigenvalue weighted by molar-refractivity contribution is 7.84. The van der Waals surface area contributed by atoms with Crippen molar-refractivity contribution in [3.8, 4) is 0 Å². The summed E-state index contributed by atoms with van der Waals surface area (Å²) in [4.78, 5) is 7.60. The predicted molar refractivity (Wildman–Crippen MR) is 111 cm³/mol. The zero-order valence-electron chi connectivity index (χ0n) is 14.7. The third-order valence-corrected chi connectivity index (χ3v) is 5.61. The first-order chi connectivity index (χ1) is 13.2. The lowest BCUT2D eigenvalue weighted by atomic mass is 10.1. The summed E-state index contributed by atoms with van der Waals surface area (Å²) in [7, 11) is -1.26. The zero-order chi connectivity index (χ0) is 18.6. The van der Waals surface area contributed by atoms with E-state index in [0.717, 1.165) is 33.5 Å². The van der Waals surface area contributed by atoms with Crippen molar-refractivity contribution in [3.63, 3.8) is 0 Å². The average molecular weight is 376 g/mol. The summed E-state index contributed by atoms with van der Waals surface area (Å²) in [5, 5.41) is 3.91. The second kappa shape index (κ2) is 7.63. The number of aromatic nitrogens is 2. The number of hydrogen-bond acceptors (Lipinski definition) is 4. The molecule has 1 unspecified atom stereocenters. The van der Waals surface area contributed by atoms with Gasteiger partial charge in [-0.1, -0.05) is 48.5 Å². The largest absolute Gasteiger partial charge is 0.398 e. The summed E-state index contributed by atoms with van der Waals surface area (Å²) in [5.74, 6) is 0.382. The molecule has 4 N–H and O–H groups in total. The standard InChI is InChI=1S/C21H20N4OS/c22-17-9-3-1-7-15(17)13-23-18-10-4-2-8-16(18)14-27(26)21-24-19-11-5-6-12-20(19)25-21/h1-12,23H,13-14,22H2,(H,24,25). The molecule has 4 rings (SSSR count). The highest BCUT2D eigenvalue weighted by Crippen LogP contribution is 2.22. The Morgan fingerprint density at radius 3 is 2.44 bits per heavy atom. The SMILES string of the molecule is Nc1ccccc1CNc1ccccc1CS(=O)c1nc2ccccc2[nH]1. The molecule has 1 atom stereocenters. The molecule has 27 heavy (non-hydrogen) atoms. The second-order valence-corrected chi connectivity index (χ2v) is 7.62. The maximum Gasteiger partial charge on any atom is 0.197 e. The number of nitrogen functional groups attached to an aromatic ring is 1. The summed E-state index contributed by atoms with van der Waals surface area (Å²) in [5.41, 5.74) is 11.5. The maximum atomic E-state index is 12.8. The summed E-state index contributed by atoms with van der Waals surface area (Å²) >= 11 is 0. The van der Waals surface area contributed by atoms with Crippen molar-refractivity contribution in [1.29, 1.82) is 0 Å². The van der Waals surface area contributed by atoms with Crippen molar-refractivity contribution in [2.45, 2.75) is 17.5 Å². The fourth-order valence-electron chi connectivity index (χ4n) is 2.95. The van der Waals surface area contributed by atoms with Gasteiger partial charge >= 0.3 is 0 Å². The molecule has 4 aromatic rings. The van der Waals surface area contributed by atoms with Gasteiger partial charge in [0, 0.05) is 17.9 Å². The van der Waals surface area contributed by atoms with Crippen LogP contribution in [0.4, 0.5) is 11.4 Å². The Morgan fingerprint density at radius 2 is 1.63 bits per heavy atom. The molecule has 136 valence electrons. The summed E-state index contributed by atoms with van der Waals surface area (Å²) in [6, 6.07) is 23.4. The number of benzene rings is 3. The predicted octanol–water partition coefficient (Wildman–Crippen LogP) is 4.07. The number of nitrogens with one attached hydrogen (secondary N) is 2. The molecule has 0 bridgehead atoms. The van der Waals surface area contributed by atoms with E-state index in [0.29, 0.717) is 17.5 Å². The third-order valence-electron chi connectivity index (χ3n) is 4.41. The Bertz CT molecular complexity index is 1070. The van der Waals surface area contributed by atoms with E-state index in [2.05, 4.69) is 15.3 Å². The lowest BCUT2D eigenvalue weighted by Crippen LogP contribution is -2.06. The van der Waals surface area contributed by atoms with Gasteiger partial charge in [-0.15, -0.1) is 0 Å². The van der Waals surface area contributed by atoms with Crippen LogP contribution in [0.15, 0.2) is 78.0 Å². The van der Waals surface area contributed by atoms with Gasteiger partial charge in [0.15, 0.2) is 5.16 Å². The van der Waals surface area contributed by atoms with Crippen molar-refractivity contribution < 1.29 is 4.21 Å². The highest BCUT2D eigenvalue weighted by Gasteiger charge is 2.13. The molecular formula is C21H20N4OS. The average Bonchev–Trinajstić information content (AvgIpc) is 3.13. The number of nitrogens with zero attached hydrogens (tertiary/aromatic N) is 1. The number of anilines is 2. The molecule has 0 aliphatic heterocycles. The number of H-pyrrole nitrogens is 1. The van der Waals surface area contributed by atoms with Gasteiger partial charge in [0.05, 0.1) is 27.6 Å². The van der Waals surface area contributed by atoms with Crippen LogP contribution in [0.1, 0.15) is 11.1 Å². The maximum absolute atomic E-state index is 12.8. The number of hydrogen-bond donors (Lipinski definition) is 3. The Balaban J connectivity index is 1.52. The fourth-order valence-corrected chi connectivity index (χ4v) is 4.05. The molecule has 0 spiro atoms. The van der Waals surface area contributed by atoms with Crippen molar-refractivity contribution in [2.24, 2.45) is 0 Å². The van der Waals surface area contributed by atoms with Crippen molar-refractivity contribution in [1.82, 2.24) is 9.97 Å². The van der Waals surface area contributed by atoms with Crippen LogP contribution in [0.25, 0.3) is 11.0 Å². The van der Waals surface area contributed by atoms with E-state index in [1.165, 1.54) is 0 Å². The van der Waals surface area contributed by atoms with Gasteiger partial charge in [-0.2, -0.15) is 0 Å². The summed E-state index contributed by atoms with van der Waals surface area (Å²) < 4.78 is 12.8. The van der Waals surface area contributed by atoms with E-state index in [-0.39, 0.29) is 0 Å². The molecule has 0 amide bonds. The van der Waals surface area contributed by atoms with Crippen LogP contribution in [0.5, 0.6) is 0 Å². The summed E-state index contributed by atoms with van der Waals surface area (Å²) in [6.45, 7) is 0.612. The van der Waals surface area contributed by atoms with E-state index in [1.54, 1.807) is 0 Å². The van der Waals surface area contributed by atoms with Crippen LogP contribution in [0.3, 0.4) is 0 Å². The quantitative estimate of drug-likeness (QED) is 0.443. The molecule has 0 saturated heterocycles. The van der Waals surface area contributed by atoms with Gasteiger partial charge in [-0.3, -0.25) is 4.21 Å². The zero-order valence-corrected chi connectivity index (χ0v) is 15.5. The number of rotatable bonds is 6. The molecular weight excluding hydrogens is 356 g/mol. The molecule has 0 saturated carbocycles. The monoisotopic (exact) mass is 376 g/mol. The molecule has 0 radical (unpaired) electrons. The van der Waals surface area contributed by atoms with Crippen LogP contribution in [0.2, 0.25) is 0 Å². The minimum Gasteiger partial charge on any atom is -0.398 e. The van der Waals surface area contributed by atoms with Gasteiger partial charge in [-0.25, -0.2) is 4.98 Å². The third kappa shape index (κ3) is 3.85. The van der Waals surface area contributed by atoms with Gasteiger partial charge in [-0.05, 0) is 35.4 Å². The fraction of sp³-hybridized carbons (Fsp3) is 0.0952. The van der Waals surface area contributed by atoms with Gasteiger partial charge in [0.1, 0.15) is 0 Å². The first kappa shape index (κ1) is 17.3. The van der Waals surface area contributed by atoms with Crippen LogP contribution < -0.4 is 11.1 Å². The number of aromatic amines is 1. The van der Waals surface area contributed by atoms with Gasteiger partial charge < -0.3 is 16.0 Å². The molecule has 0 aliphatic rings. The Kier molecular flexibility index (Phi) is 4.89. The molecule has 6 heteroatoms. The van der Waals surface area contributed by atoms with Crippen LogP contribution in [0, 0.1) is 0 Å². The second-order valence-electron chi connectivity index (χ2n) is 6.26. The Hall–Kier alpha value is -3.12. The molecule has 0 aliphatic carbocycles. The van der Waals surface area contributed by atoms with Crippen LogP contribution in [-0.2, 0) is 23.1 Å². The normalized spacial score (nSPS) is 12.1. The first-order valence-corrected chi connectivity index (χ1v) is 10.0. The van der Waals surface area contributed by atoms with E-state index in [9.17, 15) is 4.21 Å². The van der Waals surface area contributed by atoms with Gasteiger partial charge in [0.2, 0.25) is 0 Å². The number of fused-ring (bicyclic) bond motifs is 1. The van der Waals surface area contributed by atoms with Crippen molar-refractivity contribution >= 4 is 33.2 Å². The lowest BCUT2D eigenvalue weighted by Gasteiger charge is -2.12. The van der Waals surface area contributed by atoms with Crippen LogP contribution in [-0.4, -0.2) is 14.2 Å². The Morgan fingerprint density at radius 1 is 0.926 bits per heavy atom. The first-order valence-electron chi connectivity index (χ1n) is 8.69. The van der Waals surface area contributed by atoms with E-state index in [1.807, 2.05) is 72.8 Å². The molecule has 0 fully saturated rings. The van der Waals surface area contributed by atoms with Gasteiger partial charge in [0.25, 0.3) is 0 Å². The summed E-state index contributed by atoms with van der Waals surface area (Å²) in [6.07, 6.45) is 0. The number of nitrogens with two attached hydrogens (primary N) is 1. The smallest absolute Gasteiger partial charge is 0.197 e. The molecule has 1 aromatic heterocycles. The molecule has 5 nitrogen and oxygen atoms in total.